The van der Waals surface area contributed by atoms with Crippen LogP contribution in [0.15, 0.2) is 22.8 Å². The molecular formula is C13H14N2O4S2. The van der Waals surface area contributed by atoms with Crippen LogP contribution in [-0.2, 0) is 9.84 Å². The van der Waals surface area contributed by atoms with Gasteiger partial charge in [-0.2, -0.15) is 0 Å². The van der Waals surface area contributed by atoms with Crippen LogP contribution in [-0.4, -0.2) is 30.7 Å². The van der Waals surface area contributed by atoms with E-state index in [1.54, 1.807) is 12.1 Å². The summed E-state index contributed by atoms with van der Waals surface area (Å²) in [6.07, 6.45) is 2.22. The molecule has 2 N–H and O–H groups in total. The molecule has 8 heteroatoms. The van der Waals surface area contributed by atoms with E-state index in [1.807, 2.05) is 0 Å². The zero-order chi connectivity index (χ0) is 15.0. The second-order valence-corrected chi connectivity index (χ2v) is 8.33. The number of nitrogens with zero attached hydrogens (tertiary/aromatic N) is 1. The van der Waals surface area contributed by atoms with Crippen LogP contribution in [0.25, 0.3) is 11.5 Å². The average Bonchev–Trinajstić information content (AvgIpc) is 3.06. The summed E-state index contributed by atoms with van der Waals surface area (Å²) < 4.78 is 28.2. The van der Waals surface area contributed by atoms with Gasteiger partial charge in [0.25, 0.3) is 0 Å². The van der Waals surface area contributed by atoms with Gasteiger partial charge < -0.3 is 10.2 Å². The van der Waals surface area contributed by atoms with Gasteiger partial charge in [-0.3, -0.25) is 4.79 Å². The standard InChI is InChI=1S/C13H14N2O4S2/c14-13-15-10(9-2-1-5-19-9)12(20-13)11(16)8-3-6-21(17,18)7-4-8/h1-2,5,8H,3-4,6-7H2,(H2,14,15). The molecule has 6 nitrogen and oxygen atoms in total. The van der Waals surface area contributed by atoms with Crippen LogP contribution in [0.3, 0.4) is 0 Å². The van der Waals surface area contributed by atoms with Gasteiger partial charge in [0.1, 0.15) is 20.4 Å². The van der Waals surface area contributed by atoms with Crippen molar-refractivity contribution in [1.29, 1.82) is 0 Å². The number of rotatable bonds is 3. The quantitative estimate of drug-likeness (QED) is 0.865. The highest BCUT2D eigenvalue weighted by Gasteiger charge is 2.32. The average molecular weight is 326 g/mol. The Balaban J connectivity index is 1.89. The zero-order valence-electron chi connectivity index (χ0n) is 11.1. The molecule has 2 aromatic rings. The number of nitrogens with two attached hydrogens (primary N) is 1. The van der Waals surface area contributed by atoms with Gasteiger partial charge >= 0.3 is 0 Å². The van der Waals surface area contributed by atoms with Gasteiger partial charge in [0.05, 0.1) is 17.8 Å². The van der Waals surface area contributed by atoms with Gasteiger partial charge in [0.2, 0.25) is 0 Å². The Morgan fingerprint density at radius 3 is 2.71 bits per heavy atom. The molecule has 112 valence electrons. The first-order valence-corrected chi connectivity index (χ1v) is 9.15. The summed E-state index contributed by atoms with van der Waals surface area (Å²) >= 11 is 1.12. The fourth-order valence-corrected chi connectivity index (χ4v) is 4.77. The molecule has 3 heterocycles. The topological polar surface area (TPSA) is 103 Å². The minimum atomic E-state index is -2.99. The lowest BCUT2D eigenvalue weighted by Crippen LogP contribution is -2.28. The lowest BCUT2D eigenvalue weighted by Gasteiger charge is -2.20. The second kappa shape index (κ2) is 5.27. The summed E-state index contributed by atoms with van der Waals surface area (Å²) in [5.74, 6) is 0.240. The van der Waals surface area contributed by atoms with E-state index in [0.29, 0.717) is 34.3 Å². The van der Waals surface area contributed by atoms with Gasteiger partial charge in [-0.1, -0.05) is 11.3 Å². The number of sulfone groups is 1. The normalized spacial score (nSPS) is 18.7. The Bertz CT molecular complexity index is 748. The monoisotopic (exact) mass is 326 g/mol. The third kappa shape index (κ3) is 2.86. The molecule has 2 aromatic heterocycles. The first-order chi connectivity index (χ1) is 9.96. The Morgan fingerprint density at radius 2 is 2.10 bits per heavy atom. The summed E-state index contributed by atoms with van der Waals surface area (Å²) in [4.78, 5) is 17.2. The van der Waals surface area contributed by atoms with Gasteiger partial charge in [0, 0.05) is 5.92 Å². The largest absolute Gasteiger partial charge is 0.463 e. The molecule has 21 heavy (non-hydrogen) atoms. The molecule has 0 spiro atoms. The minimum absolute atomic E-state index is 0.0633. The van der Waals surface area contributed by atoms with E-state index in [9.17, 15) is 13.2 Å². The van der Waals surface area contributed by atoms with E-state index >= 15 is 0 Å². The van der Waals surface area contributed by atoms with E-state index in [2.05, 4.69) is 4.98 Å². The lowest BCUT2D eigenvalue weighted by atomic mass is 9.95. The Kier molecular flexibility index (Phi) is 3.58. The molecule has 0 aliphatic carbocycles. The predicted molar refractivity (Wildman–Crippen MR) is 79.9 cm³/mol. The van der Waals surface area contributed by atoms with Crippen LogP contribution in [0.5, 0.6) is 0 Å². The van der Waals surface area contributed by atoms with Crippen LogP contribution in [0.1, 0.15) is 22.5 Å². The zero-order valence-corrected chi connectivity index (χ0v) is 12.7. The highest BCUT2D eigenvalue weighted by atomic mass is 32.2. The molecule has 0 aromatic carbocycles. The van der Waals surface area contributed by atoms with Crippen molar-refractivity contribution in [2.24, 2.45) is 5.92 Å². The fourth-order valence-electron chi connectivity index (χ4n) is 2.42. The van der Waals surface area contributed by atoms with Crippen molar-refractivity contribution >= 4 is 32.1 Å². The number of thiazole rings is 1. The molecule has 0 bridgehead atoms. The van der Waals surface area contributed by atoms with Crippen LogP contribution in [0, 0.1) is 5.92 Å². The van der Waals surface area contributed by atoms with Gasteiger partial charge in [-0.15, -0.1) is 0 Å². The van der Waals surface area contributed by atoms with Crippen molar-refractivity contribution in [3.05, 3.63) is 23.3 Å². The number of nitrogen functional groups attached to an aromatic ring is 1. The van der Waals surface area contributed by atoms with E-state index in [0.717, 1.165) is 11.3 Å². The number of carbonyl (C=O) groups is 1. The molecule has 0 atom stereocenters. The van der Waals surface area contributed by atoms with Crippen LogP contribution < -0.4 is 5.73 Å². The maximum absolute atomic E-state index is 12.6. The van der Waals surface area contributed by atoms with Crippen molar-refractivity contribution in [3.8, 4) is 11.5 Å². The van der Waals surface area contributed by atoms with E-state index in [-0.39, 0.29) is 23.2 Å². The van der Waals surface area contributed by atoms with Gasteiger partial charge in [-0.25, -0.2) is 13.4 Å². The fraction of sp³-hybridized carbons (Fsp3) is 0.385. The van der Waals surface area contributed by atoms with E-state index in [1.165, 1.54) is 6.26 Å². The maximum atomic E-state index is 12.6. The second-order valence-electron chi connectivity index (χ2n) is 5.00. The van der Waals surface area contributed by atoms with Crippen molar-refractivity contribution in [1.82, 2.24) is 4.98 Å². The molecule has 1 fully saturated rings. The number of hydrogen-bond acceptors (Lipinski definition) is 7. The smallest absolute Gasteiger partial charge is 0.181 e. The van der Waals surface area contributed by atoms with Crippen molar-refractivity contribution < 1.29 is 17.6 Å². The van der Waals surface area contributed by atoms with Crippen LogP contribution in [0.4, 0.5) is 5.13 Å². The summed E-state index contributed by atoms with van der Waals surface area (Å²) in [5.41, 5.74) is 6.16. The van der Waals surface area contributed by atoms with Gasteiger partial charge in [-0.05, 0) is 25.0 Å². The Hall–Kier alpha value is -1.67. The van der Waals surface area contributed by atoms with Crippen LogP contribution in [0.2, 0.25) is 0 Å². The number of ketones is 1. The first kappa shape index (κ1) is 14.3. The molecule has 0 saturated carbocycles. The van der Waals surface area contributed by atoms with Gasteiger partial charge in [0.15, 0.2) is 16.7 Å². The summed E-state index contributed by atoms with van der Waals surface area (Å²) in [6, 6.07) is 3.43. The van der Waals surface area contributed by atoms with E-state index < -0.39 is 9.84 Å². The number of Topliss-reactive ketones (excluding diaryl/α,β-unsaturated/α-hetero) is 1. The van der Waals surface area contributed by atoms with Crippen molar-refractivity contribution in [2.45, 2.75) is 12.8 Å². The molecule has 1 aliphatic heterocycles. The van der Waals surface area contributed by atoms with Crippen molar-refractivity contribution in [2.75, 3.05) is 17.2 Å². The summed E-state index contributed by atoms with van der Waals surface area (Å²) in [6.45, 7) is 0. The number of carbonyl (C=O) groups excluding carboxylic acids is 1. The molecule has 1 saturated heterocycles. The Morgan fingerprint density at radius 1 is 1.38 bits per heavy atom. The maximum Gasteiger partial charge on any atom is 0.181 e. The highest BCUT2D eigenvalue weighted by molar-refractivity contribution is 7.91. The number of aromatic nitrogens is 1. The molecular weight excluding hydrogens is 312 g/mol. The third-order valence-corrected chi connectivity index (χ3v) is 6.16. The summed E-state index contributed by atoms with van der Waals surface area (Å²) in [5, 5.41) is 0.299. The molecule has 0 amide bonds. The Labute approximate surface area is 125 Å². The molecule has 0 unspecified atom stereocenters. The number of anilines is 1. The lowest BCUT2D eigenvalue weighted by molar-refractivity contribution is 0.0916. The number of furan rings is 1. The molecule has 1 aliphatic rings. The van der Waals surface area contributed by atoms with E-state index in [4.69, 9.17) is 10.2 Å². The molecule has 0 radical (unpaired) electrons. The van der Waals surface area contributed by atoms with Crippen molar-refractivity contribution in [3.63, 3.8) is 0 Å². The third-order valence-electron chi connectivity index (χ3n) is 3.55. The minimum Gasteiger partial charge on any atom is -0.463 e. The molecule has 3 rings (SSSR count). The first-order valence-electron chi connectivity index (χ1n) is 6.51. The number of hydrogen-bond donors (Lipinski definition) is 1. The predicted octanol–water partition coefficient (Wildman–Crippen LogP) is 1.99. The SMILES string of the molecule is Nc1nc(-c2ccco2)c(C(=O)C2CCS(=O)(=O)CC2)s1. The van der Waals surface area contributed by atoms with Crippen LogP contribution >= 0.6 is 11.3 Å². The summed E-state index contributed by atoms with van der Waals surface area (Å²) in [7, 11) is -2.99. The highest BCUT2D eigenvalue weighted by Crippen LogP contribution is 2.34.